The van der Waals surface area contributed by atoms with Crippen LogP contribution in [0.4, 0.5) is 4.39 Å². The highest BCUT2D eigenvalue weighted by molar-refractivity contribution is 7.52. The van der Waals surface area contributed by atoms with E-state index in [9.17, 15) is 24.1 Å². The van der Waals surface area contributed by atoms with Gasteiger partial charge in [-0.05, 0) is 32.2 Å². The number of aliphatic hydroxyl groups excluding tert-OH is 1. The number of rotatable bonds is 10. The number of alkyl halides is 1. The molecular weight excluding hydrogens is 548 g/mol. The Kier molecular flexibility index (Phi) is 8.62. The second kappa shape index (κ2) is 11.6. The van der Waals surface area contributed by atoms with Crippen LogP contribution in [0.15, 0.2) is 64.3 Å². The molecule has 6 atom stereocenters. The first-order valence-corrected chi connectivity index (χ1v) is 14.1. The van der Waals surface area contributed by atoms with Gasteiger partial charge in [0, 0.05) is 23.6 Å². The Hall–Kier alpha value is -3.35. The predicted molar refractivity (Wildman–Crippen MR) is 142 cm³/mol. The molecule has 1 aliphatic rings. The van der Waals surface area contributed by atoms with Crippen LogP contribution in [0.2, 0.25) is 0 Å². The van der Waals surface area contributed by atoms with E-state index in [0.29, 0.717) is 5.39 Å². The first kappa shape index (κ1) is 29.6. The number of hydrogen-bond acceptors (Lipinski definition) is 9. The van der Waals surface area contributed by atoms with Gasteiger partial charge in [0.05, 0.1) is 6.10 Å². The van der Waals surface area contributed by atoms with Gasteiger partial charge in [-0.25, -0.2) is 13.8 Å². The zero-order valence-electron chi connectivity index (χ0n) is 22.3. The van der Waals surface area contributed by atoms with Gasteiger partial charge < -0.3 is 19.1 Å². The first-order chi connectivity index (χ1) is 18.8. The molecule has 0 radical (unpaired) electrons. The lowest BCUT2D eigenvalue weighted by Crippen LogP contribution is -2.42. The normalized spacial score (nSPS) is 25.0. The van der Waals surface area contributed by atoms with Crippen molar-refractivity contribution in [3.8, 4) is 5.75 Å². The molecule has 4 rings (SSSR count). The van der Waals surface area contributed by atoms with E-state index in [2.05, 4.69) is 5.09 Å². The maximum absolute atomic E-state index is 16.0. The van der Waals surface area contributed by atoms with Gasteiger partial charge in [-0.1, -0.05) is 43.3 Å². The van der Waals surface area contributed by atoms with Crippen LogP contribution in [0.25, 0.3) is 10.8 Å². The molecule has 2 unspecified atom stereocenters. The molecule has 2 heterocycles. The number of benzene rings is 2. The summed E-state index contributed by atoms with van der Waals surface area (Å²) in [4.78, 5) is 38.2. The Balaban J connectivity index is 1.61. The Morgan fingerprint density at radius 2 is 1.90 bits per heavy atom. The van der Waals surface area contributed by atoms with Crippen molar-refractivity contribution in [1.29, 1.82) is 0 Å². The number of nitrogens with one attached hydrogen (secondary N) is 2. The molecule has 40 heavy (non-hydrogen) atoms. The van der Waals surface area contributed by atoms with E-state index in [1.165, 1.54) is 19.9 Å². The lowest BCUT2D eigenvalue weighted by molar-refractivity contribution is -0.204. The van der Waals surface area contributed by atoms with E-state index in [1.807, 2.05) is 17.1 Å². The van der Waals surface area contributed by atoms with Crippen LogP contribution in [0.1, 0.15) is 33.9 Å². The monoisotopic (exact) mass is 579 g/mol. The number of carbonyl (C=O) groups is 1. The Labute approximate surface area is 228 Å². The highest BCUT2D eigenvalue weighted by Gasteiger charge is 2.56. The molecule has 0 saturated carbocycles. The van der Waals surface area contributed by atoms with Gasteiger partial charge in [0.2, 0.25) is 0 Å². The maximum atomic E-state index is 16.0. The van der Waals surface area contributed by atoms with Crippen LogP contribution < -0.4 is 20.9 Å². The highest BCUT2D eigenvalue weighted by atomic mass is 31.2. The zero-order valence-corrected chi connectivity index (χ0v) is 23.2. The van der Waals surface area contributed by atoms with Crippen molar-refractivity contribution in [3.63, 3.8) is 0 Å². The van der Waals surface area contributed by atoms with Crippen LogP contribution in [-0.2, 0) is 23.4 Å². The molecule has 0 amide bonds. The summed E-state index contributed by atoms with van der Waals surface area (Å²) in [6, 6.07) is 11.9. The second-order valence-corrected chi connectivity index (χ2v) is 11.5. The molecular formula is C26H31FN3O9P. The topological polar surface area (TPSA) is 158 Å². The summed E-state index contributed by atoms with van der Waals surface area (Å²) in [5.74, 6) is -4.55. The smallest absolute Gasteiger partial charge is 0.459 e. The molecule has 216 valence electrons. The molecule has 3 aromatic rings. The minimum atomic E-state index is -4.55. The SMILES string of the molecule is CC(C)OC(=O)C(C)NP(=O)(OC[C@@]1(F)O[C@@H](n2ccc(=O)[nH]c2=O)[C@@H](C)[C@@H]1O)Oc1cccc2ccccc12. The summed E-state index contributed by atoms with van der Waals surface area (Å²) < 4.78 is 52.7. The van der Waals surface area contributed by atoms with Gasteiger partial charge in [-0.15, -0.1) is 0 Å². The molecule has 0 aliphatic carbocycles. The third-order valence-corrected chi connectivity index (χ3v) is 7.90. The highest BCUT2D eigenvalue weighted by Crippen LogP contribution is 2.50. The van der Waals surface area contributed by atoms with E-state index in [0.717, 1.165) is 22.2 Å². The van der Waals surface area contributed by atoms with Crippen LogP contribution in [0.3, 0.4) is 0 Å². The van der Waals surface area contributed by atoms with E-state index >= 15 is 4.39 Å². The van der Waals surface area contributed by atoms with Crippen LogP contribution in [0.5, 0.6) is 5.75 Å². The molecule has 0 spiro atoms. The fraction of sp³-hybridized carbons (Fsp3) is 0.423. The third kappa shape index (κ3) is 6.34. The Morgan fingerprint density at radius 1 is 1.20 bits per heavy atom. The summed E-state index contributed by atoms with van der Waals surface area (Å²) in [6.45, 7) is 4.99. The third-order valence-electron chi connectivity index (χ3n) is 6.29. The van der Waals surface area contributed by atoms with Crippen molar-refractivity contribution in [2.75, 3.05) is 6.61 Å². The summed E-state index contributed by atoms with van der Waals surface area (Å²) in [6.07, 6.45) is -2.49. The van der Waals surface area contributed by atoms with Gasteiger partial charge in [0.25, 0.3) is 11.4 Å². The number of nitrogens with zero attached hydrogens (tertiary/aromatic N) is 1. The number of ether oxygens (including phenoxy) is 2. The average molecular weight is 580 g/mol. The van der Waals surface area contributed by atoms with E-state index in [1.54, 1.807) is 38.1 Å². The minimum absolute atomic E-state index is 0.130. The summed E-state index contributed by atoms with van der Waals surface area (Å²) in [7, 11) is -4.55. The standard InChI is InChI=1S/C26H31FN3O9P/c1-15(2)37-24(33)17(4)29-40(35,39-20-11-7-9-18-8-5-6-10-19(18)20)36-14-26(27)22(32)16(3)23(38-26)30-13-12-21(31)28-25(30)34/h5-13,15-17,22-23,32H,14H2,1-4H3,(H,29,35)(H,28,31,34)/t16-,17?,22-,23+,26+,40?/m0/s1. The minimum Gasteiger partial charge on any atom is -0.462 e. The maximum Gasteiger partial charge on any atom is 0.459 e. The molecule has 14 heteroatoms. The molecule has 1 aliphatic heterocycles. The number of aliphatic hydroxyl groups is 1. The molecule has 1 aromatic heterocycles. The van der Waals surface area contributed by atoms with E-state index in [-0.39, 0.29) is 5.75 Å². The number of esters is 1. The summed E-state index contributed by atoms with van der Waals surface area (Å²) in [5.41, 5.74) is -1.53. The number of H-pyrrole nitrogens is 1. The lowest BCUT2D eigenvalue weighted by atomic mass is 10.0. The number of aromatic amines is 1. The number of hydrogen-bond donors (Lipinski definition) is 3. The lowest BCUT2D eigenvalue weighted by Gasteiger charge is -2.28. The summed E-state index contributed by atoms with van der Waals surface area (Å²) >= 11 is 0. The van der Waals surface area contributed by atoms with Crippen LogP contribution >= 0.6 is 7.75 Å². The van der Waals surface area contributed by atoms with Crippen molar-refractivity contribution in [3.05, 3.63) is 75.6 Å². The molecule has 3 N–H and O–H groups in total. The number of fused-ring (bicyclic) bond motifs is 1. The van der Waals surface area contributed by atoms with Crippen molar-refractivity contribution >= 4 is 24.5 Å². The predicted octanol–water partition coefficient (Wildman–Crippen LogP) is 3.01. The molecule has 12 nitrogen and oxygen atoms in total. The molecule has 0 bridgehead atoms. The Bertz CT molecular complexity index is 1540. The van der Waals surface area contributed by atoms with Crippen molar-refractivity contribution in [1.82, 2.24) is 14.6 Å². The molecule has 2 aromatic carbocycles. The quantitative estimate of drug-likeness (QED) is 0.241. The van der Waals surface area contributed by atoms with Gasteiger partial charge in [0.1, 0.15) is 30.7 Å². The molecule has 1 saturated heterocycles. The first-order valence-electron chi connectivity index (χ1n) is 12.6. The van der Waals surface area contributed by atoms with Gasteiger partial charge in [-0.2, -0.15) is 5.09 Å². The number of aromatic nitrogens is 2. The van der Waals surface area contributed by atoms with Crippen LogP contribution in [-0.4, -0.2) is 51.3 Å². The second-order valence-electron chi connectivity index (χ2n) is 9.79. The van der Waals surface area contributed by atoms with Gasteiger partial charge >= 0.3 is 19.4 Å². The summed E-state index contributed by atoms with van der Waals surface area (Å²) in [5, 5.41) is 14.5. The van der Waals surface area contributed by atoms with Crippen LogP contribution in [0, 0.1) is 5.92 Å². The van der Waals surface area contributed by atoms with Gasteiger partial charge in [0.15, 0.2) is 0 Å². The van der Waals surface area contributed by atoms with Crippen molar-refractivity contribution in [2.24, 2.45) is 5.92 Å². The average Bonchev–Trinajstić information content (AvgIpc) is 3.12. The number of halogens is 1. The van der Waals surface area contributed by atoms with Crippen molar-refractivity contribution in [2.45, 2.75) is 58.0 Å². The fourth-order valence-electron chi connectivity index (χ4n) is 4.28. The number of carbonyl (C=O) groups excluding carboxylic acids is 1. The van der Waals surface area contributed by atoms with E-state index in [4.69, 9.17) is 18.5 Å². The van der Waals surface area contributed by atoms with Gasteiger partial charge in [-0.3, -0.25) is 23.7 Å². The van der Waals surface area contributed by atoms with E-state index < -0.39 is 67.8 Å². The fourth-order valence-corrected chi connectivity index (χ4v) is 5.80. The molecule has 1 fully saturated rings. The largest absolute Gasteiger partial charge is 0.462 e. The Morgan fingerprint density at radius 3 is 2.60 bits per heavy atom. The zero-order chi connectivity index (χ0) is 29.2. The van der Waals surface area contributed by atoms with Crippen molar-refractivity contribution < 1.29 is 37.4 Å².